The van der Waals surface area contributed by atoms with Crippen molar-refractivity contribution in [2.24, 2.45) is 5.41 Å². The van der Waals surface area contributed by atoms with Gasteiger partial charge < -0.3 is 4.74 Å². The fraction of sp³-hybridized carbons (Fsp3) is 0.889. The van der Waals surface area contributed by atoms with Gasteiger partial charge in [-0.05, 0) is 26.0 Å². The first-order chi connectivity index (χ1) is 5.54. The van der Waals surface area contributed by atoms with Crippen molar-refractivity contribution in [3.05, 3.63) is 0 Å². The molecule has 0 atom stereocenters. The highest BCUT2D eigenvalue weighted by Crippen LogP contribution is 2.23. The molecule has 0 saturated carbocycles. The van der Waals surface area contributed by atoms with E-state index in [4.69, 9.17) is 4.74 Å². The number of hydrogen-bond acceptors (Lipinski definition) is 3. The van der Waals surface area contributed by atoms with Crippen molar-refractivity contribution in [2.75, 3.05) is 18.6 Å². The van der Waals surface area contributed by atoms with E-state index in [0.29, 0.717) is 0 Å². The average molecular weight is 190 g/mol. The molecule has 0 N–H and O–H groups in total. The largest absolute Gasteiger partial charge is 0.469 e. The summed E-state index contributed by atoms with van der Waals surface area (Å²) >= 11 is 1.80. The molecule has 72 valence electrons. The number of rotatable bonds is 5. The maximum atomic E-state index is 11.2. The van der Waals surface area contributed by atoms with Gasteiger partial charge in [-0.2, -0.15) is 11.8 Å². The van der Waals surface area contributed by atoms with Gasteiger partial charge in [0.1, 0.15) is 0 Å². The maximum Gasteiger partial charge on any atom is 0.312 e. The Hall–Kier alpha value is -0.180. The molecule has 0 aliphatic rings. The summed E-state index contributed by atoms with van der Waals surface area (Å²) in [5, 5.41) is 0. The lowest BCUT2D eigenvalue weighted by Gasteiger charge is -2.20. The highest BCUT2D eigenvalue weighted by Gasteiger charge is 2.27. The van der Waals surface area contributed by atoms with Crippen molar-refractivity contribution >= 4 is 17.7 Å². The third kappa shape index (κ3) is 4.00. The molecule has 0 amide bonds. The lowest BCUT2D eigenvalue weighted by atomic mass is 9.97. The molecule has 0 aromatic carbocycles. The van der Waals surface area contributed by atoms with Crippen LogP contribution in [0.3, 0.4) is 0 Å². The molecular weight excluding hydrogens is 172 g/mol. The van der Waals surface area contributed by atoms with Gasteiger partial charge in [-0.3, -0.25) is 4.79 Å². The Morgan fingerprint density at radius 2 is 2.08 bits per heavy atom. The molecule has 3 heteroatoms. The molecule has 0 fully saturated rings. The van der Waals surface area contributed by atoms with E-state index < -0.39 is 0 Å². The average Bonchev–Trinajstić information content (AvgIpc) is 2.03. The van der Waals surface area contributed by atoms with Gasteiger partial charge in [0.05, 0.1) is 12.5 Å². The Morgan fingerprint density at radius 1 is 1.50 bits per heavy atom. The molecule has 0 unspecified atom stereocenters. The van der Waals surface area contributed by atoms with Crippen LogP contribution in [0, 0.1) is 5.41 Å². The molecule has 0 aromatic heterocycles. The molecular formula is C9H18O2S. The number of methoxy groups -OCH3 is 1. The Labute approximate surface area is 79.1 Å². The minimum absolute atomic E-state index is 0.119. The Morgan fingerprint density at radius 3 is 2.50 bits per heavy atom. The SMILES string of the molecule is CCCSCC(C)(C)C(=O)OC. The summed E-state index contributed by atoms with van der Waals surface area (Å²) in [5.74, 6) is 1.83. The summed E-state index contributed by atoms with van der Waals surface area (Å²) in [6, 6.07) is 0. The van der Waals surface area contributed by atoms with Crippen molar-refractivity contribution < 1.29 is 9.53 Å². The van der Waals surface area contributed by atoms with Gasteiger partial charge in [0.2, 0.25) is 0 Å². The molecule has 0 aromatic rings. The molecule has 0 aliphatic heterocycles. The first-order valence-corrected chi connectivity index (χ1v) is 5.36. The number of ether oxygens (including phenoxy) is 1. The monoisotopic (exact) mass is 190 g/mol. The minimum Gasteiger partial charge on any atom is -0.469 e. The van der Waals surface area contributed by atoms with E-state index in [-0.39, 0.29) is 11.4 Å². The first kappa shape index (κ1) is 11.8. The zero-order valence-corrected chi connectivity index (χ0v) is 9.16. The molecule has 0 aliphatic carbocycles. The topological polar surface area (TPSA) is 26.3 Å². The zero-order valence-electron chi connectivity index (χ0n) is 8.35. The summed E-state index contributed by atoms with van der Waals surface area (Å²) in [6.07, 6.45) is 1.15. The number of thioether (sulfide) groups is 1. The molecule has 0 heterocycles. The number of carbonyl (C=O) groups excluding carboxylic acids is 1. The Bertz CT molecular complexity index is 143. The van der Waals surface area contributed by atoms with Crippen LogP contribution in [0.4, 0.5) is 0 Å². The molecule has 0 radical (unpaired) electrons. The smallest absolute Gasteiger partial charge is 0.312 e. The van der Waals surface area contributed by atoms with E-state index in [1.54, 1.807) is 11.8 Å². The molecule has 12 heavy (non-hydrogen) atoms. The van der Waals surface area contributed by atoms with Crippen LogP contribution in [0.1, 0.15) is 27.2 Å². The summed E-state index contributed by atoms with van der Waals surface area (Å²) in [5.41, 5.74) is -0.339. The zero-order chi connectivity index (χ0) is 9.61. The predicted molar refractivity (Wildman–Crippen MR) is 53.4 cm³/mol. The molecule has 0 saturated heterocycles. The van der Waals surface area contributed by atoms with Crippen LogP contribution in [0.2, 0.25) is 0 Å². The second-order valence-corrected chi connectivity index (χ2v) is 4.53. The van der Waals surface area contributed by atoms with Crippen LogP contribution in [0.15, 0.2) is 0 Å². The van der Waals surface area contributed by atoms with Gasteiger partial charge in [0, 0.05) is 5.75 Å². The van der Waals surface area contributed by atoms with Gasteiger partial charge in [0.25, 0.3) is 0 Å². The Balaban J connectivity index is 3.78. The van der Waals surface area contributed by atoms with Crippen LogP contribution in [0.25, 0.3) is 0 Å². The summed E-state index contributed by atoms with van der Waals surface area (Å²) < 4.78 is 4.69. The quantitative estimate of drug-likeness (QED) is 0.491. The van der Waals surface area contributed by atoms with Crippen molar-refractivity contribution in [1.82, 2.24) is 0 Å². The van der Waals surface area contributed by atoms with Crippen LogP contribution < -0.4 is 0 Å². The second kappa shape index (κ2) is 5.46. The van der Waals surface area contributed by atoms with Crippen molar-refractivity contribution in [3.63, 3.8) is 0 Å². The van der Waals surface area contributed by atoms with Crippen LogP contribution >= 0.6 is 11.8 Å². The van der Waals surface area contributed by atoms with Gasteiger partial charge in [0.15, 0.2) is 0 Å². The van der Waals surface area contributed by atoms with Gasteiger partial charge in [-0.1, -0.05) is 6.92 Å². The minimum atomic E-state index is -0.339. The van der Waals surface area contributed by atoms with E-state index in [1.807, 2.05) is 13.8 Å². The van der Waals surface area contributed by atoms with Gasteiger partial charge in [-0.15, -0.1) is 0 Å². The predicted octanol–water partition coefficient (Wildman–Crippen LogP) is 2.33. The van der Waals surface area contributed by atoms with Crippen LogP contribution in [-0.2, 0) is 9.53 Å². The normalized spacial score (nSPS) is 11.3. The van der Waals surface area contributed by atoms with Crippen molar-refractivity contribution in [3.8, 4) is 0 Å². The number of hydrogen-bond donors (Lipinski definition) is 0. The highest BCUT2D eigenvalue weighted by molar-refractivity contribution is 7.99. The van der Waals surface area contributed by atoms with E-state index in [0.717, 1.165) is 17.9 Å². The third-order valence-electron chi connectivity index (χ3n) is 1.55. The fourth-order valence-electron chi connectivity index (χ4n) is 0.807. The lowest BCUT2D eigenvalue weighted by molar-refractivity contribution is -0.149. The lowest BCUT2D eigenvalue weighted by Crippen LogP contribution is -2.28. The van der Waals surface area contributed by atoms with E-state index in [2.05, 4.69) is 6.92 Å². The highest BCUT2D eigenvalue weighted by atomic mass is 32.2. The molecule has 2 nitrogen and oxygen atoms in total. The number of esters is 1. The third-order valence-corrected chi connectivity index (χ3v) is 3.17. The van der Waals surface area contributed by atoms with E-state index in [9.17, 15) is 4.79 Å². The fourth-order valence-corrected chi connectivity index (χ4v) is 1.87. The first-order valence-electron chi connectivity index (χ1n) is 4.20. The molecule has 0 bridgehead atoms. The Kier molecular flexibility index (Phi) is 5.38. The molecule has 0 spiro atoms. The van der Waals surface area contributed by atoms with E-state index >= 15 is 0 Å². The van der Waals surface area contributed by atoms with Crippen LogP contribution in [0.5, 0.6) is 0 Å². The second-order valence-electron chi connectivity index (χ2n) is 3.43. The van der Waals surface area contributed by atoms with Crippen molar-refractivity contribution in [1.29, 1.82) is 0 Å². The maximum absolute atomic E-state index is 11.2. The standard InChI is InChI=1S/C9H18O2S/c1-5-6-12-7-9(2,3)8(10)11-4/h5-7H2,1-4H3. The van der Waals surface area contributed by atoms with Gasteiger partial charge in [-0.25, -0.2) is 0 Å². The van der Waals surface area contributed by atoms with Gasteiger partial charge >= 0.3 is 5.97 Å². The summed E-state index contributed by atoms with van der Waals surface area (Å²) in [7, 11) is 1.44. The molecule has 0 rings (SSSR count). The number of carbonyl (C=O) groups is 1. The van der Waals surface area contributed by atoms with Crippen molar-refractivity contribution in [2.45, 2.75) is 27.2 Å². The summed E-state index contributed by atoms with van der Waals surface area (Å²) in [6.45, 7) is 5.97. The van der Waals surface area contributed by atoms with E-state index in [1.165, 1.54) is 7.11 Å². The summed E-state index contributed by atoms with van der Waals surface area (Å²) in [4.78, 5) is 11.2. The van der Waals surface area contributed by atoms with Crippen LogP contribution in [-0.4, -0.2) is 24.6 Å².